The summed E-state index contributed by atoms with van der Waals surface area (Å²) in [5, 5.41) is 0. The molecule has 0 N–H and O–H groups in total. The quantitative estimate of drug-likeness (QED) is 0.400. The largest absolute Gasteiger partial charge is 0.105 e. The van der Waals surface area contributed by atoms with Crippen LogP contribution in [0.4, 0.5) is 0 Å². The lowest BCUT2D eigenvalue weighted by atomic mass is 9.76. The van der Waals surface area contributed by atoms with E-state index < -0.39 is 0 Å². The van der Waals surface area contributed by atoms with Gasteiger partial charge >= 0.3 is 0 Å². The molecule has 0 spiro atoms. The van der Waals surface area contributed by atoms with Crippen molar-refractivity contribution >= 4 is 18.8 Å². The molecule has 8 heavy (non-hydrogen) atoms. The van der Waals surface area contributed by atoms with Crippen LogP contribution in [-0.2, 0) is 0 Å². The minimum absolute atomic E-state index is 0. The van der Waals surface area contributed by atoms with Crippen molar-refractivity contribution in [3.05, 3.63) is 0 Å². The van der Waals surface area contributed by atoms with Gasteiger partial charge in [0.1, 0.15) is 7.85 Å². The van der Waals surface area contributed by atoms with Gasteiger partial charge in [0.15, 0.2) is 0 Å². The van der Waals surface area contributed by atoms with E-state index >= 15 is 0 Å². The maximum Gasteiger partial charge on any atom is 0.105 e. The van der Waals surface area contributed by atoms with Crippen LogP contribution in [0.25, 0.3) is 0 Å². The van der Waals surface area contributed by atoms with E-state index in [9.17, 15) is 0 Å². The molecule has 0 unspecified atom stereocenters. The second-order valence-corrected chi connectivity index (χ2v) is 2.74. The molecule has 1 aliphatic rings. The van der Waals surface area contributed by atoms with Crippen molar-refractivity contribution in [1.29, 1.82) is 0 Å². The molecule has 1 fully saturated rings. The maximum atomic E-state index is 2.36. The van der Waals surface area contributed by atoms with Crippen LogP contribution in [0, 0.1) is 0 Å². The fourth-order valence-corrected chi connectivity index (χ4v) is 1.31. The van der Waals surface area contributed by atoms with Crippen LogP contribution >= 0.6 is 0 Å². The third-order valence-corrected chi connectivity index (χ3v) is 1.89. The first-order chi connectivity index (χ1) is 3.39. The number of hydrogen-bond donors (Lipinski definition) is 0. The molecule has 0 aliphatic heterocycles. The van der Waals surface area contributed by atoms with E-state index in [1.807, 2.05) is 0 Å². The van der Waals surface area contributed by atoms with E-state index in [1.165, 1.54) is 32.1 Å². The van der Waals surface area contributed by atoms with Crippen LogP contribution in [0.2, 0.25) is 5.82 Å². The zero-order valence-corrected chi connectivity index (χ0v) is 5.11. The third kappa shape index (κ3) is 2.56. The Morgan fingerprint density at radius 3 is 1.75 bits per heavy atom. The minimum atomic E-state index is 0. The highest BCUT2D eigenvalue weighted by atomic mass is 28.1. The second-order valence-electron chi connectivity index (χ2n) is 2.74. The first-order valence-electron chi connectivity index (χ1n) is 3.39. The van der Waals surface area contributed by atoms with Crippen molar-refractivity contribution in [2.24, 2.45) is 0 Å². The smallest absolute Gasteiger partial charge is 0.0697 e. The zero-order valence-electron chi connectivity index (χ0n) is 5.11. The van der Waals surface area contributed by atoms with E-state index in [-0.39, 0.29) is 11.0 Å². The van der Waals surface area contributed by atoms with Crippen LogP contribution in [0.15, 0.2) is 0 Å². The lowest BCUT2D eigenvalue weighted by Crippen LogP contribution is -1.98. The fraction of sp³-hybridized carbons (Fsp3) is 1.00. The van der Waals surface area contributed by atoms with Crippen molar-refractivity contribution < 1.29 is 0 Å². The summed E-state index contributed by atoms with van der Waals surface area (Å²) in [5.41, 5.74) is 0. The number of rotatable bonds is 0. The van der Waals surface area contributed by atoms with Gasteiger partial charge in [0, 0.05) is 0 Å². The molecule has 0 nitrogen and oxygen atoms in total. The van der Waals surface area contributed by atoms with Gasteiger partial charge in [0.25, 0.3) is 0 Å². The Morgan fingerprint density at radius 1 is 1.00 bits per heavy atom. The second kappa shape index (κ2) is 4.19. The Balaban J connectivity index is 0.000000490. The molecule has 48 valence electrons. The average molecular weight is 128 g/mol. The first kappa shape index (κ1) is 8.28. The first-order valence-corrected chi connectivity index (χ1v) is 3.39. The Morgan fingerprint density at radius 2 is 1.50 bits per heavy atom. The standard InChI is InChI=1S/C6H13B.H4Si/c7-6-4-2-1-3-5-6;/h6H,1-5,7H2;1H4. The molecule has 0 saturated heterocycles. The van der Waals surface area contributed by atoms with Gasteiger partial charge < -0.3 is 0 Å². The molecule has 0 aromatic rings. The summed E-state index contributed by atoms with van der Waals surface area (Å²) in [5.74, 6) is 1.04. The molecule has 0 aromatic heterocycles. The van der Waals surface area contributed by atoms with Crippen molar-refractivity contribution in [2.75, 3.05) is 0 Å². The van der Waals surface area contributed by atoms with Crippen molar-refractivity contribution in [1.82, 2.24) is 0 Å². The van der Waals surface area contributed by atoms with Gasteiger partial charge in [-0.1, -0.05) is 37.9 Å². The molecule has 0 amide bonds. The van der Waals surface area contributed by atoms with Gasteiger partial charge in [-0.15, -0.1) is 0 Å². The Hall–Kier alpha value is 0.282. The summed E-state index contributed by atoms with van der Waals surface area (Å²) in [6.45, 7) is 0. The summed E-state index contributed by atoms with van der Waals surface area (Å²) in [7, 11) is 2.36. The van der Waals surface area contributed by atoms with Crippen LogP contribution in [0.1, 0.15) is 32.1 Å². The Bertz CT molecular complexity index is 50.5. The molecular weight excluding hydrogens is 111 g/mol. The summed E-state index contributed by atoms with van der Waals surface area (Å²) >= 11 is 0. The molecule has 2 heteroatoms. The highest BCUT2D eigenvalue weighted by molar-refractivity contribution is 6.11. The molecule has 0 atom stereocenters. The minimum Gasteiger partial charge on any atom is -0.0697 e. The van der Waals surface area contributed by atoms with Crippen LogP contribution < -0.4 is 0 Å². The van der Waals surface area contributed by atoms with Crippen LogP contribution in [0.3, 0.4) is 0 Å². The van der Waals surface area contributed by atoms with E-state index in [0.29, 0.717) is 0 Å². The molecule has 0 radical (unpaired) electrons. The third-order valence-electron chi connectivity index (χ3n) is 1.89. The fourth-order valence-electron chi connectivity index (χ4n) is 1.31. The van der Waals surface area contributed by atoms with Crippen molar-refractivity contribution in [2.45, 2.75) is 37.9 Å². The summed E-state index contributed by atoms with van der Waals surface area (Å²) < 4.78 is 0. The molecule has 1 aliphatic carbocycles. The van der Waals surface area contributed by atoms with Crippen LogP contribution in [-0.4, -0.2) is 18.8 Å². The van der Waals surface area contributed by atoms with Gasteiger partial charge in [0.05, 0.1) is 0 Å². The Labute approximate surface area is 57.5 Å². The van der Waals surface area contributed by atoms with Crippen molar-refractivity contribution in [3.8, 4) is 0 Å². The lowest BCUT2D eigenvalue weighted by molar-refractivity contribution is 0.504. The molecule has 0 heterocycles. The van der Waals surface area contributed by atoms with Crippen LogP contribution in [0.5, 0.6) is 0 Å². The highest BCUT2D eigenvalue weighted by Crippen LogP contribution is 2.24. The monoisotopic (exact) mass is 128 g/mol. The van der Waals surface area contributed by atoms with Gasteiger partial charge in [-0.05, 0) is 11.0 Å². The highest BCUT2D eigenvalue weighted by Gasteiger charge is 2.06. The SMILES string of the molecule is BC1CCCCC1.[SiH4]. The van der Waals surface area contributed by atoms with E-state index in [2.05, 4.69) is 7.85 Å². The summed E-state index contributed by atoms with van der Waals surface area (Å²) in [6.07, 6.45) is 7.44. The predicted molar refractivity (Wildman–Crippen MR) is 46.7 cm³/mol. The van der Waals surface area contributed by atoms with E-state index in [0.717, 1.165) is 5.82 Å². The lowest BCUT2D eigenvalue weighted by Gasteiger charge is -2.15. The molecule has 0 bridgehead atoms. The molecule has 1 saturated carbocycles. The normalized spacial score (nSPS) is 22.0. The van der Waals surface area contributed by atoms with E-state index in [1.54, 1.807) is 0 Å². The Kier molecular flexibility index (Phi) is 4.34. The number of hydrogen-bond acceptors (Lipinski definition) is 0. The topological polar surface area (TPSA) is 0 Å². The molecule has 1 rings (SSSR count). The summed E-state index contributed by atoms with van der Waals surface area (Å²) in [4.78, 5) is 0. The van der Waals surface area contributed by atoms with Crippen molar-refractivity contribution in [3.63, 3.8) is 0 Å². The van der Waals surface area contributed by atoms with Gasteiger partial charge in [0.2, 0.25) is 0 Å². The summed E-state index contributed by atoms with van der Waals surface area (Å²) in [6, 6.07) is 0. The molecule has 0 aromatic carbocycles. The maximum absolute atomic E-state index is 2.36. The van der Waals surface area contributed by atoms with Gasteiger partial charge in [-0.25, -0.2) is 0 Å². The molecular formula is C6H17BSi. The van der Waals surface area contributed by atoms with Gasteiger partial charge in [-0.2, -0.15) is 0 Å². The zero-order chi connectivity index (χ0) is 5.11. The average Bonchev–Trinajstić information content (AvgIpc) is 1.69. The van der Waals surface area contributed by atoms with Gasteiger partial charge in [-0.3, -0.25) is 0 Å². The van der Waals surface area contributed by atoms with E-state index in [4.69, 9.17) is 0 Å². The predicted octanol–water partition coefficient (Wildman–Crippen LogP) is -0.0795.